The summed E-state index contributed by atoms with van der Waals surface area (Å²) in [5.41, 5.74) is 2.24. The Kier molecular flexibility index (Phi) is 5.30. The van der Waals surface area contributed by atoms with E-state index in [1.165, 1.54) is 0 Å². The number of pyridine rings is 1. The quantitative estimate of drug-likeness (QED) is 0.819. The second kappa shape index (κ2) is 7.21. The number of rotatable bonds is 4. The van der Waals surface area contributed by atoms with E-state index < -0.39 is 0 Å². The lowest BCUT2D eigenvalue weighted by Crippen LogP contribution is -2.38. The third-order valence-corrected chi connectivity index (χ3v) is 3.42. The van der Waals surface area contributed by atoms with E-state index in [0.717, 1.165) is 43.7 Å². The number of amides is 1. The molecule has 104 valence electrons. The average Bonchev–Trinajstić information content (AvgIpc) is 2.66. The van der Waals surface area contributed by atoms with Crippen LogP contribution in [0.15, 0.2) is 18.5 Å². The fourth-order valence-electron chi connectivity index (χ4n) is 2.19. The smallest absolute Gasteiger partial charge is 0.234 e. The van der Waals surface area contributed by atoms with Crippen molar-refractivity contribution in [3.05, 3.63) is 29.6 Å². The van der Waals surface area contributed by atoms with Crippen molar-refractivity contribution < 1.29 is 4.79 Å². The van der Waals surface area contributed by atoms with Crippen LogP contribution in [0.2, 0.25) is 0 Å². The first-order valence-electron chi connectivity index (χ1n) is 6.85. The van der Waals surface area contributed by atoms with Crippen molar-refractivity contribution in [3.63, 3.8) is 0 Å². The maximum atomic E-state index is 11.9. The van der Waals surface area contributed by atoms with Crippen LogP contribution in [0.3, 0.4) is 0 Å². The van der Waals surface area contributed by atoms with Crippen LogP contribution in [-0.2, 0) is 11.3 Å². The number of carbonyl (C=O) groups is 1. The molecule has 0 spiro atoms. The topological polar surface area (TPSA) is 57.3 Å². The van der Waals surface area contributed by atoms with Crippen LogP contribution in [-0.4, -0.2) is 48.5 Å². The van der Waals surface area contributed by atoms with E-state index in [4.69, 9.17) is 0 Å². The van der Waals surface area contributed by atoms with Gasteiger partial charge in [0.05, 0.1) is 6.54 Å². The van der Waals surface area contributed by atoms with Gasteiger partial charge in [-0.2, -0.15) is 0 Å². The molecule has 0 aromatic carbocycles. The standard InChI is InChI=1S/C14H22N4O/c1-12-3-5-16-9-13(12)10-17-14(19)11-18-7-2-4-15-6-8-18/h3,5,9,15H,2,4,6-8,10-11H2,1H3,(H,17,19). The van der Waals surface area contributed by atoms with Gasteiger partial charge in [-0.15, -0.1) is 0 Å². The molecule has 1 amide bonds. The monoisotopic (exact) mass is 262 g/mol. The number of nitrogens with one attached hydrogen (secondary N) is 2. The zero-order valence-corrected chi connectivity index (χ0v) is 11.5. The van der Waals surface area contributed by atoms with Crippen molar-refractivity contribution in [1.29, 1.82) is 0 Å². The molecule has 19 heavy (non-hydrogen) atoms. The summed E-state index contributed by atoms with van der Waals surface area (Å²) in [6, 6.07) is 1.96. The number of carbonyl (C=O) groups excluding carboxylic acids is 1. The van der Waals surface area contributed by atoms with Gasteiger partial charge in [0.25, 0.3) is 0 Å². The summed E-state index contributed by atoms with van der Waals surface area (Å²) >= 11 is 0. The first kappa shape index (κ1) is 14.0. The molecule has 0 saturated carbocycles. The highest BCUT2D eigenvalue weighted by Crippen LogP contribution is 2.04. The highest BCUT2D eigenvalue weighted by atomic mass is 16.2. The van der Waals surface area contributed by atoms with Crippen molar-refractivity contribution in [2.45, 2.75) is 19.9 Å². The molecule has 1 fully saturated rings. The maximum Gasteiger partial charge on any atom is 0.234 e. The van der Waals surface area contributed by atoms with Crippen LogP contribution in [0, 0.1) is 6.92 Å². The van der Waals surface area contributed by atoms with Gasteiger partial charge in [0.15, 0.2) is 0 Å². The largest absolute Gasteiger partial charge is 0.351 e. The number of nitrogens with zero attached hydrogens (tertiary/aromatic N) is 2. The highest BCUT2D eigenvalue weighted by molar-refractivity contribution is 5.78. The molecule has 5 heteroatoms. The van der Waals surface area contributed by atoms with Gasteiger partial charge in [0.1, 0.15) is 0 Å². The first-order chi connectivity index (χ1) is 9.25. The minimum atomic E-state index is 0.0881. The molecule has 1 aliphatic heterocycles. The Hall–Kier alpha value is -1.46. The lowest BCUT2D eigenvalue weighted by molar-refractivity contribution is -0.122. The second-order valence-electron chi connectivity index (χ2n) is 4.96. The van der Waals surface area contributed by atoms with Crippen molar-refractivity contribution >= 4 is 5.91 Å². The van der Waals surface area contributed by atoms with Crippen molar-refractivity contribution in [2.75, 3.05) is 32.7 Å². The van der Waals surface area contributed by atoms with Gasteiger partial charge in [0.2, 0.25) is 5.91 Å². The Morgan fingerprint density at radius 2 is 2.37 bits per heavy atom. The van der Waals surface area contributed by atoms with Gasteiger partial charge in [-0.1, -0.05) is 0 Å². The molecule has 0 radical (unpaired) electrons. The Balaban J connectivity index is 1.76. The van der Waals surface area contributed by atoms with E-state index >= 15 is 0 Å². The molecule has 0 bridgehead atoms. The third kappa shape index (κ3) is 4.61. The van der Waals surface area contributed by atoms with E-state index in [9.17, 15) is 4.79 Å². The molecule has 5 nitrogen and oxygen atoms in total. The highest BCUT2D eigenvalue weighted by Gasteiger charge is 2.12. The zero-order valence-electron chi connectivity index (χ0n) is 11.5. The van der Waals surface area contributed by atoms with Crippen LogP contribution in [0.4, 0.5) is 0 Å². The van der Waals surface area contributed by atoms with Crippen LogP contribution in [0.5, 0.6) is 0 Å². The van der Waals surface area contributed by atoms with Crippen LogP contribution < -0.4 is 10.6 Å². The Labute approximate surface area is 114 Å². The average molecular weight is 262 g/mol. The van der Waals surface area contributed by atoms with Crippen molar-refractivity contribution in [3.8, 4) is 0 Å². The Morgan fingerprint density at radius 3 is 3.21 bits per heavy atom. The molecule has 2 N–H and O–H groups in total. The Morgan fingerprint density at radius 1 is 1.47 bits per heavy atom. The molecule has 0 aliphatic carbocycles. The third-order valence-electron chi connectivity index (χ3n) is 3.42. The van der Waals surface area contributed by atoms with E-state index in [1.54, 1.807) is 6.20 Å². The number of aryl methyl sites for hydroxylation is 1. The molecule has 1 aromatic heterocycles. The summed E-state index contributed by atoms with van der Waals surface area (Å²) in [7, 11) is 0. The minimum absolute atomic E-state index is 0.0881. The van der Waals surface area contributed by atoms with Crippen molar-refractivity contribution in [2.24, 2.45) is 0 Å². The predicted octanol–water partition coefficient (Wildman–Crippen LogP) is 0.302. The molecule has 0 atom stereocenters. The maximum absolute atomic E-state index is 11.9. The molecule has 0 unspecified atom stereocenters. The van der Waals surface area contributed by atoms with Crippen LogP contribution in [0.25, 0.3) is 0 Å². The predicted molar refractivity (Wildman–Crippen MR) is 74.7 cm³/mol. The summed E-state index contributed by atoms with van der Waals surface area (Å²) in [6.45, 7) is 7.03. The number of hydrogen-bond acceptors (Lipinski definition) is 4. The molecule has 1 aromatic rings. The normalized spacial score (nSPS) is 16.9. The summed E-state index contributed by atoms with van der Waals surface area (Å²) in [5.74, 6) is 0.0881. The molecular formula is C14H22N4O. The van der Waals surface area contributed by atoms with E-state index in [0.29, 0.717) is 13.1 Å². The van der Waals surface area contributed by atoms with Gasteiger partial charge in [0, 0.05) is 32.0 Å². The molecular weight excluding hydrogens is 240 g/mol. The van der Waals surface area contributed by atoms with Gasteiger partial charge >= 0.3 is 0 Å². The van der Waals surface area contributed by atoms with Gasteiger partial charge < -0.3 is 10.6 Å². The van der Waals surface area contributed by atoms with E-state index in [2.05, 4.69) is 20.5 Å². The van der Waals surface area contributed by atoms with Gasteiger partial charge in [-0.05, 0) is 43.6 Å². The summed E-state index contributed by atoms with van der Waals surface area (Å²) in [6.07, 6.45) is 4.69. The fourth-order valence-corrected chi connectivity index (χ4v) is 2.19. The molecule has 2 rings (SSSR count). The summed E-state index contributed by atoms with van der Waals surface area (Å²) < 4.78 is 0. The number of hydrogen-bond donors (Lipinski definition) is 2. The van der Waals surface area contributed by atoms with Crippen LogP contribution >= 0.6 is 0 Å². The summed E-state index contributed by atoms with van der Waals surface area (Å²) in [4.78, 5) is 18.2. The second-order valence-corrected chi connectivity index (χ2v) is 4.96. The first-order valence-corrected chi connectivity index (χ1v) is 6.85. The summed E-state index contributed by atoms with van der Waals surface area (Å²) in [5, 5.41) is 6.30. The fraction of sp³-hybridized carbons (Fsp3) is 0.571. The van der Waals surface area contributed by atoms with E-state index in [1.807, 2.05) is 19.2 Å². The molecule has 1 aliphatic rings. The van der Waals surface area contributed by atoms with Gasteiger partial charge in [-0.25, -0.2) is 0 Å². The van der Waals surface area contributed by atoms with Gasteiger partial charge in [-0.3, -0.25) is 14.7 Å². The molecule has 2 heterocycles. The zero-order chi connectivity index (χ0) is 13.5. The minimum Gasteiger partial charge on any atom is -0.351 e. The lowest BCUT2D eigenvalue weighted by atomic mass is 10.1. The SMILES string of the molecule is Cc1ccncc1CNC(=O)CN1CCCNCC1. The van der Waals surface area contributed by atoms with Crippen molar-refractivity contribution in [1.82, 2.24) is 20.5 Å². The Bertz CT molecular complexity index is 414. The van der Waals surface area contributed by atoms with Crippen LogP contribution in [0.1, 0.15) is 17.5 Å². The van der Waals surface area contributed by atoms with E-state index in [-0.39, 0.29) is 5.91 Å². The number of aromatic nitrogens is 1. The molecule has 1 saturated heterocycles. The lowest BCUT2D eigenvalue weighted by Gasteiger charge is -2.18.